The van der Waals surface area contributed by atoms with Crippen LogP contribution in [0.4, 0.5) is 8.78 Å². The number of hydrogen-bond acceptors (Lipinski definition) is 6. The van der Waals surface area contributed by atoms with Crippen LogP contribution in [0.15, 0.2) is 34.6 Å². The maximum Gasteiger partial charge on any atom is 0.305 e. The van der Waals surface area contributed by atoms with Crippen molar-refractivity contribution in [2.45, 2.75) is 31.7 Å². The zero-order valence-corrected chi connectivity index (χ0v) is 20.2. The third-order valence-electron chi connectivity index (χ3n) is 5.75. The van der Waals surface area contributed by atoms with Gasteiger partial charge in [0.05, 0.1) is 11.3 Å². The Balaban J connectivity index is 1.41. The van der Waals surface area contributed by atoms with E-state index in [0.29, 0.717) is 34.1 Å². The summed E-state index contributed by atoms with van der Waals surface area (Å²) >= 11 is 8.02. The van der Waals surface area contributed by atoms with Gasteiger partial charge in [-0.3, -0.25) is 19.3 Å². The van der Waals surface area contributed by atoms with Crippen LogP contribution in [0.3, 0.4) is 0 Å². The van der Waals surface area contributed by atoms with Crippen LogP contribution in [0, 0.1) is 17.6 Å². The van der Waals surface area contributed by atoms with Crippen molar-refractivity contribution in [1.29, 1.82) is 0 Å². The second kappa shape index (κ2) is 10.3. The molecule has 6 nitrogen and oxygen atoms in total. The molecule has 2 N–H and O–H groups in total. The summed E-state index contributed by atoms with van der Waals surface area (Å²) in [6.45, 7) is 0.0759. The first-order chi connectivity index (χ1) is 16.2. The Hall–Kier alpha value is -2.63. The number of nitrogens with one attached hydrogen (secondary N) is 1. The average molecular weight is 523 g/mol. The highest BCUT2D eigenvalue weighted by molar-refractivity contribution is 8.26. The van der Waals surface area contributed by atoms with Gasteiger partial charge in [0.25, 0.3) is 5.91 Å². The molecule has 2 aliphatic rings. The summed E-state index contributed by atoms with van der Waals surface area (Å²) in [5.41, 5.74) is 1.26. The first-order valence-corrected chi connectivity index (χ1v) is 12.6. The Kier molecular flexibility index (Phi) is 7.44. The Morgan fingerprint density at radius 3 is 2.74 bits per heavy atom. The molecular formula is C23H20F2N2O4S3. The van der Waals surface area contributed by atoms with Crippen molar-refractivity contribution >= 4 is 63.5 Å². The molecule has 0 spiro atoms. The molecule has 2 aromatic rings. The van der Waals surface area contributed by atoms with Crippen LogP contribution in [0.1, 0.15) is 30.6 Å². The fraction of sp³-hybridized carbons (Fsp3) is 0.304. The lowest BCUT2D eigenvalue weighted by atomic mass is 10.1. The quantitative estimate of drug-likeness (QED) is 0.407. The van der Waals surface area contributed by atoms with Gasteiger partial charge in [0.2, 0.25) is 5.91 Å². The number of aliphatic carboxylic acids is 1. The van der Waals surface area contributed by atoms with E-state index >= 15 is 0 Å². The summed E-state index contributed by atoms with van der Waals surface area (Å²) in [6.07, 6.45) is 3.30. The van der Waals surface area contributed by atoms with E-state index in [1.807, 2.05) is 5.38 Å². The number of carbonyl (C=O) groups is 3. The maximum absolute atomic E-state index is 13.6. The summed E-state index contributed by atoms with van der Waals surface area (Å²) in [5.74, 6) is -3.51. The lowest BCUT2D eigenvalue weighted by molar-refractivity contribution is -0.137. The van der Waals surface area contributed by atoms with Gasteiger partial charge in [0.1, 0.15) is 4.32 Å². The molecule has 0 unspecified atom stereocenters. The molecule has 0 radical (unpaired) electrons. The molecule has 1 aromatic carbocycles. The highest BCUT2D eigenvalue weighted by Gasteiger charge is 2.42. The zero-order chi connectivity index (χ0) is 24.4. The summed E-state index contributed by atoms with van der Waals surface area (Å²) in [5, 5.41) is 13.1. The van der Waals surface area contributed by atoms with Gasteiger partial charge in [-0.15, -0.1) is 11.3 Å². The lowest BCUT2D eigenvalue weighted by Crippen LogP contribution is -2.38. The number of carboxylic acids is 1. The van der Waals surface area contributed by atoms with Gasteiger partial charge in [-0.2, -0.15) is 0 Å². The summed E-state index contributed by atoms with van der Waals surface area (Å²) < 4.78 is 27.2. The second-order valence-electron chi connectivity index (χ2n) is 8.02. The van der Waals surface area contributed by atoms with Crippen LogP contribution >= 0.6 is 35.3 Å². The molecule has 2 atom stereocenters. The largest absolute Gasteiger partial charge is 0.481 e. The average Bonchev–Trinajstić information content (AvgIpc) is 3.50. The second-order valence-corrected chi connectivity index (χ2v) is 10.6. The molecule has 4 rings (SSSR count). The molecule has 1 saturated carbocycles. The molecule has 1 aliphatic heterocycles. The molecule has 178 valence electrons. The molecule has 2 heterocycles. The van der Waals surface area contributed by atoms with E-state index < -0.39 is 17.6 Å². The van der Waals surface area contributed by atoms with Crippen LogP contribution < -0.4 is 5.32 Å². The summed E-state index contributed by atoms with van der Waals surface area (Å²) in [6, 6.07) is 5.33. The minimum absolute atomic E-state index is 0.0759. The van der Waals surface area contributed by atoms with E-state index in [4.69, 9.17) is 17.3 Å². The smallest absolute Gasteiger partial charge is 0.305 e. The SMILES string of the molecule is O=C(O)CCNC(=O)[C@@H]1CC[C@H](N2C(=O)/C(=C/c3cc(-c4ccc(F)c(F)c4)cs3)SC2=S)C1. The molecule has 34 heavy (non-hydrogen) atoms. The van der Waals surface area contributed by atoms with Crippen LogP contribution in [0.5, 0.6) is 0 Å². The topological polar surface area (TPSA) is 86.7 Å². The molecule has 1 saturated heterocycles. The molecule has 0 bridgehead atoms. The number of benzene rings is 1. The number of carbonyl (C=O) groups excluding carboxylic acids is 2. The molecule has 2 fully saturated rings. The molecule has 1 aliphatic carbocycles. The van der Waals surface area contributed by atoms with Gasteiger partial charge < -0.3 is 10.4 Å². The normalized spacial score (nSPS) is 21.5. The van der Waals surface area contributed by atoms with Crippen LogP contribution in [-0.4, -0.2) is 44.7 Å². The molecule has 2 amide bonds. The van der Waals surface area contributed by atoms with Crippen molar-refractivity contribution in [1.82, 2.24) is 10.2 Å². The van der Waals surface area contributed by atoms with E-state index in [-0.39, 0.29) is 36.7 Å². The minimum Gasteiger partial charge on any atom is -0.481 e. The number of rotatable bonds is 7. The first kappa shape index (κ1) is 24.5. The van der Waals surface area contributed by atoms with E-state index in [1.54, 1.807) is 17.0 Å². The predicted octanol–water partition coefficient (Wildman–Crippen LogP) is 4.65. The van der Waals surface area contributed by atoms with E-state index in [2.05, 4.69) is 5.32 Å². The van der Waals surface area contributed by atoms with Crippen molar-refractivity contribution in [2.24, 2.45) is 5.92 Å². The van der Waals surface area contributed by atoms with Crippen molar-refractivity contribution in [3.63, 3.8) is 0 Å². The van der Waals surface area contributed by atoms with E-state index in [0.717, 1.165) is 22.6 Å². The zero-order valence-electron chi connectivity index (χ0n) is 17.8. The third kappa shape index (κ3) is 5.37. The number of thioether (sulfide) groups is 1. The van der Waals surface area contributed by atoms with Crippen LogP contribution in [-0.2, 0) is 14.4 Å². The van der Waals surface area contributed by atoms with Crippen molar-refractivity contribution in [3.05, 3.63) is 51.1 Å². The number of amides is 2. The van der Waals surface area contributed by atoms with E-state index in [1.165, 1.54) is 29.2 Å². The third-order valence-corrected chi connectivity index (χ3v) is 7.96. The number of carboxylic acid groups (broad SMARTS) is 1. The maximum atomic E-state index is 13.6. The van der Waals surface area contributed by atoms with Crippen molar-refractivity contribution in [3.8, 4) is 11.1 Å². The lowest BCUT2D eigenvalue weighted by Gasteiger charge is -2.22. The molecule has 1 aromatic heterocycles. The number of nitrogens with zero attached hydrogens (tertiary/aromatic N) is 1. The minimum atomic E-state index is -0.975. The standard InChI is InChI=1S/C23H20F2N2O4S3/c24-17-4-2-12(9-18(17)25)14-8-16(33-11-14)10-19-22(31)27(23(32)34-19)15-3-1-13(7-15)21(30)26-6-5-20(28)29/h2,4,8-11,13,15H,1,3,5-7H2,(H,26,30)(H,28,29)/b19-10-/t13-,15+/m1/s1. The number of halogens is 2. The Bertz CT molecular complexity index is 1200. The summed E-state index contributed by atoms with van der Waals surface area (Å²) in [7, 11) is 0. The predicted molar refractivity (Wildman–Crippen MR) is 131 cm³/mol. The fourth-order valence-corrected chi connectivity index (χ4v) is 6.36. The van der Waals surface area contributed by atoms with Gasteiger partial charge in [-0.25, -0.2) is 8.78 Å². The fourth-order valence-electron chi connectivity index (χ4n) is 4.05. The summed E-state index contributed by atoms with van der Waals surface area (Å²) in [4.78, 5) is 38.8. The van der Waals surface area contributed by atoms with Crippen molar-refractivity contribution in [2.75, 3.05) is 6.54 Å². The van der Waals surface area contributed by atoms with Gasteiger partial charge >= 0.3 is 5.97 Å². The Morgan fingerprint density at radius 2 is 2.00 bits per heavy atom. The highest BCUT2D eigenvalue weighted by Crippen LogP contribution is 2.40. The van der Waals surface area contributed by atoms with Gasteiger partial charge in [-0.1, -0.05) is 30.0 Å². The first-order valence-electron chi connectivity index (χ1n) is 10.5. The van der Waals surface area contributed by atoms with E-state index in [9.17, 15) is 23.2 Å². The Morgan fingerprint density at radius 1 is 1.21 bits per heavy atom. The highest BCUT2D eigenvalue weighted by atomic mass is 32.2. The number of thiophene rings is 1. The number of hydrogen-bond donors (Lipinski definition) is 2. The van der Waals surface area contributed by atoms with Crippen molar-refractivity contribution < 1.29 is 28.3 Å². The van der Waals surface area contributed by atoms with Gasteiger partial charge in [0.15, 0.2) is 11.6 Å². The van der Waals surface area contributed by atoms with Crippen LogP contribution in [0.25, 0.3) is 17.2 Å². The van der Waals surface area contributed by atoms with Crippen LogP contribution in [0.2, 0.25) is 0 Å². The number of thiocarbonyl (C=S) groups is 1. The Labute approximate surface area is 208 Å². The molecule has 11 heteroatoms. The monoisotopic (exact) mass is 522 g/mol. The van der Waals surface area contributed by atoms with Gasteiger partial charge in [-0.05, 0) is 60.0 Å². The van der Waals surface area contributed by atoms with Gasteiger partial charge in [0, 0.05) is 23.4 Å². The molecular weight excluding hydrogens is 502 g/mol.